The zero-order valence-electron chi connectivity index (χ0n) is 10.8. The van der Waals surface area contributed by atoms with Gasteiger partial charge in [0.25, 0.3) is 0 Å². The van der Waals surface area contributed by atoms with Crippen LogP contribution in [0.15, 0.2) is 30.3 Å². The number of aliphatic hydroxyl groups excluding tert-OH is 1. The van der Waals surface area contributed by atoms with Gasteiger partial charge in [-0.05, 0) is 0 Å². The van der Waals surface area contributed by atoms with E-state index in [2.05, 4.69) is 0 Å². The number of methoxy groups -OCH3 is 1. The van der Waals surface area contributed by atoms with Gasteiger partial charge in [-0.3, -0.25) is 0 Å². The molecule has 5 atom stereocenters. The number of aliphatic hydroxyl groups is 1. The van der Waals surface area contributed by atoms with Crippen LogP contribution in [0.2, 0.25) is 0 Å². The lowest BCUT2D eigenvalue weighted by molar-refractivity contribution is -0.334. The first-order valence-corrected chi connectivity index (χ1v) is 6.46. The van der Waals surface area contributed by atoms with E-state index in [0.29, 0.717) is 13.0 Å². The Bertz CT molecular complexity index is 410. The first-order valence-electron chi connectivity index (χ1n) is 6.46. The summed E-state index contributed by atoms with van der Waals surface area (Å²) in [4.78, 5) is 0. The van der Waals surface area contributed by atoms with Gasteiger partial charge in [-0.25, -0.2) is 0 Å². The molecule has 2 aliphatic heterocycles. The Morgan fingerprint density at radius 1 is 1.21 bits per heavy atom. The van der Waals surface area contributed by atoms with Gasteiger partial charge < -0.3 is 24.1 Å². The number of rotatable bonds is 2. The Hall–Kier alpha value is -0.980. The van der Waals surface area contributed by atoms with Gasteiger partial charge in [0.05, 0.1) is 12.7 Å². The van der Waals surface area contributed by atoms with Crippen LogP contribution in [0.3, 0.4) is 0 Å². The van der Waals surface area contributed by atoms with Gasteiger partial charge in [0.1, 0.15) is 12.2 Å². The molecule has 0 unspecified atom stereocenters. The third-order valence-corrected chi connectivity index (χ3v) is 3.53. The molecule has 2 aliphatic rings. The molecule has 1 aromatic rings. The highest BCUT2D eigenvalue weighted by atomic mass is 16.7. The quantitative estimate of drug-likeness (QED) is 0.872. The molecule has 0 amide bonds. The van der Waals surface area contributed by atoms with Gasteiger partial charge in [-0.2, -0.15) is 0 Å². The number of hydrogen-bond acceptors (Lipinski definition) is 5. The zero-order valence-corrected chi connectivity index (χ0v) is 10.8. The molecule has 2 saturated heterocycles. The molecule has 1 N–H and O–H groups in total. The highest BCUT2D eigenvalue weighted by molar-refractivity contribution is 5.16. The Balaban J connectivity index is 1.70. The van der Waals surface area contributed by atoms with Crippen LogP contribution in [-0.2, 0) is 18.9 Å². The van der Waals surface area contributed by atoms with Crippen molar-refractivity contribution >= 4 is 0 Å². The fraction of sp³-hybridized carbons (Fsp3) is 0.571. The lowest BCUT2D eigenvalue weighted by Crippen LogP contribution is -2.55. The Kier molecular flexibility index (Phi) is 3.81. The summed E-state index contributed by atoms with van der Waals surface area (Å²) in [7, 11) is 1.56. The van der Waals surface area contributed by atoms with E-state index in [1.165, 1.54) is 0 Å². The summed E-state index contributed by atoms with van der Waals surface area (Å²) in [5.74, 6) is 0. The summed E-state index contributed by atoms with van der Waals surface area (Å²) < 4.78 is 22.3. The van der Waals surface area contributed by atoms with Crippen molar-refractivity contribution in [2.75, 3.05) is 13.7 Å². The monoisotopic (exact) mass is 266 g/mol. The number of benzene rings is 1. The summed E-state index contributed by atoms with van der Waals surface area (Å²) in [6.07, 6.45) is -1.67. The molecule has 5 nitrogen and oxygen atoms in total. The predicted molar refractivity (Wildman–Crippen MR) is 66.3 cm³/mol. The maximum atomic E-state index is 10.1. The lowest BCUT2D eigenvalue weighted by Gasteiger charge is -2.43. The largest absolute Gasteiger partial charge is 0.390 e. The lowest BCUT2D eigenvalue weighted by atomic mass is 10.0. The van der Waals surface area contributed by atoms with Crippen molar-refractivity contribution in [2.45, 2.75) is 37.3 Å². The predicted octanol–water partition coefficient (Wildman–Crippen LogP) is 1.22. The fourth-order valence-electron chi connectivity index (χ4n) is 2.52. The molecule has 104 valence electrons. The normalized spacial score (nSPS) is 38.7. The topological polar surface area (TPSA) is 57.2 Å². The molecule has 0 aliphatic carbocycles. The third-order valence-electron chi connectivity index (χ3n) is 3.53. The van der Waals surface area contributed by atoms with E-state index in [1.807, 2.05) is 30.3 Å². The van der Waals surface area contributed by atoms with Gasteiger partial charge in [0.15, 0.2) is 12.6 Å². The number of hydrogen-bond donors (Lipinski definition) is 1. The second kappa shape index (κ2) is 5.56. The van der Waals surface area contributed by atoms with Gasteiger partial charge in [0, 0.05) is 19.1 Å². The van der Waals surface area contributed by atoms with E-state index >= 15 is 0 Å². The van der Waals surface area contributed by atoms with Gasteiger partial charge >= 0.3 is 0 Å². The van der Waals surface area contributed by atoms with Crippen LogP contribution in [0.1, 0.15) is 18.3 Å². The van der Waals surface area contributed by atoms with Gasteiger partial charge in [-0.1, -0.05) is 30.3 Å². The van der Waals surface area contributed by atoms with Crippen LogP contribution < -0.4 is 0 Å². The smallest absolute Gasteiger partial charge is 0.184 e. The maximum Gasteiger partial charge on any atom is 0.184 e. The van der Waals surface area contributed by atoms with Gasteiger partial charge in [0.2, 0.25) is 0 Å². The average Bonchev–Trinajstić information content (AvgIpc) is 2.47. The van der Waals surface area contributed by atoms with E-state index in [1.54, 1.807) is 7.11 Å². The fourth-order valence-corrected chi connectivity index (χ4v) is 2.52. The van der Waals surface area contributed by atoms with Gasteiger partial charge in [-0.15, -0.1) is 0 Å². The molecule has 19 heavy (non-hydrogen) atoms. The van der Waals surface area contributed by atoms with E-state index in [4.69, 9.17) is 18.9 Å². The summed E-state index contributed by atoms with van der Waals surface area (Å²) in [5.41, 5.74) is 0.946. The van der Waals surface area contributed by atoms with E-state index in [9.17, 15) is 5.11 Å². The SMILES string of the molecule is CO[C@@H]1C[C@H](O)[C@@H]2O[C@@H](c3ccccc3)OC[C@@H]2O1. The van der Waals surface area contributed by atoms with Crippen molar-refractivity contribution in [3.8, 4) is 0 Å². The molecular weight excluding hydrogens is 248 g/mol. The molecule has 0 bridgehead atoms. The van der Waals surface area contributed by atoms with Crippen LogP contribution in [0.5, 0.6) is 0 Å². The Morgan fingerprint density at radius 3 is 2.74 bits per heavy atom. The van der Waals surface area contributed by atoms with Crippen LogP contribution in [0.25, 0.3) is 0 Å². The Morgan fingerprint density at radius 2 is 2.00 bits per heavy atom. The zero-order chi connectivity index (χ0) is 13.2. The first-order chi connectivity index (χ1) is 9.28. The third kappa shape index (κ3) is 2.66. The molecule has 0 aromatic heterocycles. The summed E-state index contributed by atoms with van der Waals surface area (Å²) in [5, 5.41) is 10.1. The van der Waals surface area contributed by atoms with E-state index < -0.39 is 18.7 Å². The van der Waals surface area contributed by atoms with Crippen molar-refractivity contribution in [3.05, 3.63) is 35.9 Å². The van der Waals surface area contributed by atoms with Crippen LogP contribution in [0, 0.1) is 0 Å². The van der Waals surface area contributed by atoms with E-state index in [0.717, 1.165) is 5.56 Å². The molecule has 3 rings (SSSR count). The summed E-state index contributed by atoms with van der Waals surface area (Å²) in [6, 6.07) is 9.70. The minimum Gasteiger partial charge on any atom is -0.390 e. The van der Waals surface area contributed by atoms with Crippen LogP contribution in [-0.4, -0.2) is 43.4 Å². The standard InChI is InChI=1S/C14H18O5/c1-16-12-7-10(15)13-11(18-12)8-17-14(19-13)9-5-3-2-4-6-9/h2-6,10-15H,7-8H2,1H3/t10-,11-,12-,13-,14-/m0/s1. The minimum atomic E-state index is -0.598. The molecular formula is C14H18O5. The summed E-state index contributed by atoms with van der Waals surface area (Å²) >= 11 is 0. The number of fused-ring (bicyclic) bond motifs is 1. The average molecular weight is 266 g/mol. The molecule has 0 saturated carbocycles. The number of ether oxygens (including phenoxy) is 4. The molecule has 2 heterocycles. The first kappa shape index (κ1) is 13.0. The second-order valence-corrected chi connectivity index (χ2v) is 4.82. The van der Waals surface area contributed by atoms with Crippen molar-refractivity contribution < 1.29 is 24.1 Å². The van der Waals surface area contributed by atoms with Crippen molar-refractivity contribution in [3.63, 3.8) is 0 Å². The van der Waals surface area contributed by atoms with Crippen molar-refractivity contribution in [1.82, 2.24) is 0 Å². The van der Waals surface area contributed by atoms with Crippen molar-refractivity contribution in [2.24, 2.45) is 0 Å². The molecule has 5 heteroatoms. The molecule has 0 spiro atoms. The minimum absolute atomic E-state index is 0.284. The highest BCUT2D eigenvalue weighted by Gasteiger charge is 2.43. The maximum absolute atomic E-state index is 10.1. The van der Waals surface area contributed by atoms with Crippen LogP contribution >= 0.6 is 0 Å². The van der Waals surface area contributed by atoms with Crippen LogP contribution in [0.4, 0.5) is 0 Å². The molecule has 1 aromatic carbocycles. The Labute approximate surface area is 112 Å². The van der Waals surface area contributed by atoms with Crippen molar-refractivity contribution in [1.29, 1.82) is 0 Å². The second-order valence-electron chi connectivity index (χ2n) is 4.82. The molecule has 0 radical (unpaired) electrons. The molecule has 2 fully saturated rings. The summed E-state index contributed by atoms with van der Waals surface area (Å²) in [6.45, 7) is 0.390. The highest BCUT2D eigenvalue weighted by Crippen LogP contribution is 2.33. The van der Waals surface area contributed by atoms with E-state index in [-0.39, 0.29) is 12.2 Å².